The minimum absolute atomic E-state index is 0.0461. The van der Waals surface area contributed by atoms with Gasteiger partial charge in [-0.1, -0.05) is 0 Å². The summed E-state index contributed by atoms with van der Waals surface area (Å²) in [6, 6.07) is 3.78. The molecule has 0 bridgehead atoms. The Hall–Kier alpha value is -1.42. The van der Waals surface area contributed by atoms with Crippen molar-refractivity contribution < 1.29 is 14.4 Å². The molecule has 0 unspecified atom stereocenters. The molecule has 2 atom stereocenters. The van der Waals surface area contributed by atoms with Gasteiger partial charge < -0.3 is 15.0 Å². The molecule has 19 heavy (non-hydrogen) atoms. The monoisotopic (exact) mass is 280 g/mol. The second-order valence-electron chi connectivity index (χ2n) is 4.92. The van der Waals surface area contributed by atoms with Gasteiger partial charge in [0.05, 0.1) is 5.56 Å². The Morgan fingerprint density at radius 2 is 2.26 bits per heavy atom. The van der Waals surface area contributed by atoms with Gasteiger partial charge in [0.25, 0.3) is 5.91 Å². The summed E-state index contributed by atoms with van der Waals surface area (Å²) in [5.74, 6) is -0.0461. The van der Waals surface area contributed by atoms with Gasteiger partial charge in [0.15, 0.2) is 6.54 Å². The molecule has 1 amide bonds. The summed E-state index contributed by atoms with van der Waals surface area (Å²) >= 11 is 1.38. The van der Waals surface area contributed by atoms with Crippen molar-refractivity contribution in [3.63, 3.8) is 0 Å². The van der Waals surface area contributed by atoms with E-state index < -0.39 is 0 Å². The number of nitriles is 1. The quantitative estimate of drug-likeness (QED) is 0.834. The van der Waals surface area contributed by atoms with Gasteiger partial charge in [-0.3, -0.25) is 4.79 Å². The predicted molar refractivity (Wildman–Crippen MR) is 73.2 cm³/mol. The summed E-state index contributed by atoms with van der Waals surface area (Å²) in [5.41, 5.74) is 0.525. The molecule has 0 radical (unpaired) electrons. The van der Waals surface area contributed by atoms with Crippen molar-refractivity contribution in [2.75, 3.05) is 25.0 Å². The molecule has 1 aliphatic rings. The minimum atomic E-state index is -0.0461. The number of ether oxygens (including phenoxy) is 1. The first-order valence-electron chi connectivity index (χ1n) is 6.35. The van der Waals surface area contributed by atoms with Crippen molar-refractivity contribution in [1.82, 2.24) is 0 Å². The molecular formula is C13H18N3O2S+. The van der Waals surface area contributed by atoms with E-state index in [1.54, 1.807) is 11.4 Å². The lowest BCUT2D eigenvalue weighted by molar-refractivity contribution is -0.907. The molecule has 0 spiro atoms. The van der Waals surface area contributed by atoms with Crippen LogP contribution in [0, 0.1) is 11.3 Å². The number of hydrogen-bond acceptors (Lipinski definition) is 4. The molecule has 1 aromatic heterocycles. The number of nitrogens with zero attached hydrogens (tertiary/aromatic N) is 1. The average Bonchev–Trinajstić information content (AvgIpc) is 2.74. The number of rotatable bonds is 3. The normalized spacial score (nSPS) is 26.7. The first-order valence-corrected chi connectivity index (χ1v) is 7.23. The highest BCUT2D eigenvalue weighted by atomic mass is 32.1. The number of carbonyl (C=O) groups excluding carboxylic acids is 1. The van der Waals surface area contributed by atoms with E-state index in [-0.39, 0.29) is 18.1 Å². The maximum atomic E-state index is 12.0. The third kappa shape index (κ3) is 3.77. The third-order valence-corrected chi connectivity index (χ3v) is 3.90. The number of nitrogens with one attached hydrogen (secondary N) is 2. The van der Waals surface area contributed by atoms with Crippen molar-refractivity contribution in [2.24, 2.45) is 0 Å². The van der Waals surface area contributed by atoms with E-state index in [1.165, 1.54) is 16.2 Å². The molecule has 1 aliphatic heterocycles. The molecule has 0 aliphatic carbocycles. The van der Waals surface area contributed by atoms with E-state index >= 15 is 0 Å². The number of amides is 1. The number of thiophene rings is 1. The van der Waals surface area contributed by atoms with Gasteiger partial charge >= 0.3 is 0 Å². The fourth-order valence-electron chi connectivity index (χ4n) is 2.43. The van der Waals surface area contributed by atoms with Crippen LogP contribution in [0.4, 0.5) is 5.00 Å². The summed E-state index contributed by atoms with van der Waals surface area (Å²) in [5, 5.41) is 14.2. The molecule has 6 heteroatoms. The molecule has 0 aromatic carbocycles. The van der Waals surface area contributed by atoms with Crippen LogP contribution in [0.2, 0.25) is 0 Å². The Balaban J connectivity index is 1.89. The van der Waals surface area contributed by atoms with Crippen LogP contribution >= 0.6 is 11.3 Å². The lowest BCUT2D eigenvalue weighted by atomic mass is 10.2. The average molecular weight is 280 g/mol. The molecule has 1 fully saturated rings. The molecule has 102 valence electrons. The van der Waals surface area contributed by atoms with E-state index in [4.69, 9.17) is 10.00 Å². The molecule has 2 rings (SSSR count). The van der Waals surface area contributed by atoms with Gasteiger partial charge in [-0.25, -0.2) is 0 Å². The van der Waals surface area contributed by atoms with Crippen LogP contribution < -0.4 is 10.2 Å². The number of hydrogen-bond donors (Lipinski definition) is 2. The largest absolute Gasteiger partial charge is 0.364 e. The smallest absolute Gasteiger partial charge is 0.280 e. The fourth-order valence-corrected chi connectivity index (χ4v) is 3.18. The second-order valence-corrected chi connectivity index (χ2v) is 5.83. The van der Waals surface area contributed by atoms with Crippen LogP contribution in [0.25, 0.3) is 0 Å². The van der Waals surface area contributed by atoms with Crippen LogP contribution in [0.15, 0.2) is 11.4 Å². The SMILES string of the molecule is C[C@H]1C[NH+](CC(=O)Nc2sccc2C#N)C[C@H](C)O1. The van der Waals surface area contributed by atoms with Gasteiger partial charge in [-0.2, -0.15) is 5.26 Å². The zero-order valence-electron chi connectivity index (χ0n) is 11.1. The molecule has 1 aromatic rings. The van der Waals surface area contributed by atoms with E-state index in [0.29, 0.717) is 17.1 Å². The van der Waals surface area contributed by atoms with Crippen molar-refractivity contribution in [1.29, 1.82) is 5.26 Å². The standard InChI is InChI=1S/C13H17N3O2S/c1-9-6-16(7-10(2)18-9)8-12(17)15-13-11(5-14)3-4-19-13/h3-4,9-10H,6-8H2,1-2H3,(H,15,17)/p+1/t9-,10-/m0/s1. The first kappa shape index (κ1) is 14.0. The summed E-state index contributed by atoms with van der Waals surface area (Å²) in [6.07, 6.45) is 0.367. The zero-order valence-corrected chi connectivity index (χ0v) is 11.9. The summed E-state index contributed by atoms with van der Waals surface area (Å²) < 4.78 is 5.65. The Kier molecular flexibility index (Phi) is 4.53. The van der Waals surface area contributed by atoms with Gasteiger partial charge in [0.2, 0.25) is 0 Å². The van der Waals surface area contributed by atoms with Crippen LogP contribution in [-0.4, -0.2) is 37.7 Å². The molecular weight excluding hydrogens is 262 g/mol. The zero-order chi connectivity index (χ0) is 13.8. The second kappa shape index (κ2) is 6.15. The highest BCUT2D eigenvalue weighted by Crippen LogP contribution is 2.21. The van der Waals surface area contributed by atoms with Gasteiger partial charge in [0.1, 0.15) is 36.4 Å². The molecule has 0 saturated carbocycles. The van der Waals surface area contributed by atoms with Gasteiger partial charge in [-0.05, 0) is 25.3 Å². The summed E-state index contributed by atoms with van der Waals surface area (Å²) in [7, 11) is 0. The minimum Gasteiger partial charge on any atom is -0.364 e. The molecule has 2 heterocycles. The van der Waals surface area contributed by atoms with E-state index in [2.05, 4.69) is 11.4 Å². The maximum Gasteiger partial charge on any atom is 0.280 e. The van der Waals surface area contributed by atoms with E-state index in [0.717, 1.165) is 13.1 Å². The molecule has 2 N–H and O–H groups in total. The highest BCUT2D eigenvalue weighted by molar-refractivity contribution is 7.14. The van der Waals surface area contributed by atoms with Crippen LogP contribution in [0.5, 0.6) is 0 Å². The lowest BCUT2D eigenvalue weighted by Gasteiger charge is -2.31. The van der Waals surface area contributed by atoms with E-state index in [9.17, 15) is 4.79 Å². The lowest BCUT2D eigenvalue weighted by Crippen LogP contribution is -3.16. The third-order valence-electron chi connectivity index (χ3n) is 3.07. The topological polar surface area (TPSA) is 66.6 Å². The maximum absolute atomic E-state index is 12.0. The predicted octanol–water partition coefficient (Wildman–Crippen LogP) is 0.250. The van der Waals surface area contributed by atoms with Crippen LogP contribution in [-0.2, 0) is 9.53 Å². The molecule has 5 nitrogen and oxygen atoms in total. The number of morpholine rings is 1. The fraction of sp³-hybridized carbons (Fsp3) is 0.538. The summed E-state index contributed by atoms with van der Waals surface area (Å²) in [4.78, 5) is 13.2. The van der Waals surface area contributed by atoms with Gasteiger partial charge in [0, 0.05) is 0 Å². The van der Waals surface area contributed by atoms with E-state index in [1.807, 2.05) is 13.8 Å². The Morgan fingerprint density at radius 3 is 2.89 bits per heavy atom. The Bertz CT molecular complexity index is 484. The van der Waals surface area contributed by atoms with Gasteiger partial charge in [-0.15, -0.1) is 11.3 Å². The summed E-state index contributed by atoms with van der Waals surface area (Å²) in [6.45, 7) is 6.16. The van der Waals surface area contributed by atoms with Crippen molar-refractivity contribution in [3.8, 4) is 6.07 Å². The number of anilines is 1. The van der Waals surface area contributed by atoms with Crippen LogP contribution in [0.1, 0.15) is 19.4 Å². The van der Waals surface area contributed by atoms with Crippen LogP contribution in [0.3, 0.4) is 0 Å². The highest BCUT2D eigenvalue weighted by Gasteiger charge is 2.27. The van der Waals surface area contributed by atoms with Crippen molar-refractivity contribution in [2.45, 2.75) is 26.1 Å². The Labute approximate surface area is 116 Å². The first-order chi connectivity index (χ1) is 9.08. The van der Waals surface area contributed by atoms with Crippen molar-refractivity contribution in [3.05, 3.63) is 17.0 Å². The number of quaternary nitrogens is 1. The van der Waals surface area contributed by atoms with Crippen molar-refractivity contribution >= 4 is 22.2 Å². The number of carbonyl (C=O) groups is 1. The Morgan fingerprint density at radius 1 is 1.58 bits per heavy atom. The molecule has 1 saturated heterocycles.